The van der Waals surface area contributed by atoms with E-state index < -0.39 is 0 Å². The van der Waals surface area contributed by atoms with Crippen molar-refractivity contribution in [1.82, 2.24) is 14.8 Å². The van der Waals surface area contributed by atoms with Crippen molar-refractivity contribution in [1.29, 1.82) is 0 Å². The second-order valence-electron chi connectivity index (χ2n) is 7.10. The average molecular weight is 368 g/mol. The molecule has 0 radical (unpaired) electrons. The average Bonchev–Trinajstić information content (AvgIpc) is 3.30. The lowest BCUT2D eigenvalue weighted by Crippen LogP contribution is -2.20. The maximum Gasteiger partial charge on any atom is 0.249 e. The van der Waals surface area contributed by atoms with Gasteiger partial charge in [0.2, 0.25) is 17.7 Å². The Hall–Kier alpha value is -2.96. The van der Waals surface area contributed by atoms with Crippen LogP contribution in [0.5, 0.6) is 0 Å². The van der Waals surface area contributed by atoms with Gasteiger partial charge in [0.25, 0.3) is 0 Å². The minimum Gasteiger partial charge on any atom is -0.420 e. The first-order valence-electron chi connectivity index (χ1n) is 8.99. The number of carbonyl (C=O) groups excluding carboxylic acids is 1. The number of carbonyl (C=O) groups is 1. The number of hydrogen-bond acceptors (Lipinski definition) is 4. The summed E-state index contributed by atoms with van der Waals surface area (Å²) in [6, 6.07) is 6.47. The van der Waals surface area contributed by atoms with Gasteiger partial charge in [-0.25, -0.2) is 4.39 Å². The van der Waals surface area contributed by atoms with Gasteiger partial charge in [-0.2, -0.15) is 0 Å². The molecule has 0 saturated heterocycles. The third-order valence-corrected chi connectivity index (χ3v) is 4.91. The fourth-order valence-electron chi connectivity index (χ4n) is 3.17. The molecule has 4 rings (SSSR count). The summed E-state index contributed by atoms with van der Waals surface area (Å²) in [7, 11) is 0. The first-order chi connectivity index (χ1) is 12.9. The highest BCUT2D eigenvalue weighted by atomic mass is 19.1. The molecule has 1 amide bonds. The van der Waals surface area contributed by atoms with Gasteiger partial charge in [0.05, 0.1) is 5.56 Å². The summed E-state index contributed by atoms with van der Waals surface area (Å²) >= 11 is 0. The highest BCUT2D eigenvalue weighted by molar-refractivity contribution is 5.90. The molecule has 1 N–H and O–H groups in total. The Morgan fingerprint density at radius 1 is 1.26 bits per heavy atom. The van der Waals surface area contributed by atoms with E-state index in [9.17, 15) is 9.18 Å². The van der Waals surface area contributed by atoms with Crippen LogP contribution in [-0.4, -0.2) is 20.7 Å². The predicted molar refractivity (Wildman–Crippen MR) is 98.9 cm³/mol. The van der Waals surface area contributed by atoms with Gasteiger partial charge in [0, 0.05) is 23.0 Å². The van der Waals surface area contributed by atoms with E-state index in [0.29, 0.717) is 29.0 Å². The van der Waals surface area contributed by atoms with Gasteiger partial charge in [-0.3, -0.25) is 4.79 Å². The van der Waals surface area contributed by atoms with E-state index in [1.165, 1.54) is 6.07 Å². The SMILES string of the molecule is Cc1cc(NC(=O)Cn2c(C)cc(-c3nnc(C4CC4)o3)c2C)ccc1F. The summed E-state index contributed by atoms with van der Waals surface area (Å²) in [5.41, 5.74) is 3.74. The summed E-state index contributed by atoms with van der Waals surface area (Å²) in [6.07, 6.45) is 2.20. The predicted octanol–water partition coefficient (Wildman–Crippen LogP) is 4.12. The molecule has 0 aliphatic heterocycles. The molecule has 2 aromatic heterocycles. The standard InChI is InChI=1S/C20H21FN4O2/c1-11-8-15(6-7-17(11)21)22-18(26)10-25-12(2)9-16(13(25)3)20-24-23-19(27-20)14-4-5-14/h6-9,14H,4-5,10H2,1-3H3,(H,22,26). The van der Waals surface area contributed by atoms with Crippen LogP contribution in [0.25, 0.3) is 11.5 Å². The Bertz CT molecular complexity index is 1020. The van der Waals surface area contributed by atoms with E-state index in [2.05, 4.69) is 15.5 Å². The Morgan fingerprint density at radius 2 is 2.04 bits per heavy atom. The lowest BCUT2D eigenvalue weighted by molar-refractivity contribution is -0.116. The molecule has 27 heavy (non-hydrogen) atoms. The van der Waals surface area contributed by atoms with Crippen molar-refractivity contribution in [2.45, 2.75) is 46.1 Å². The third kappa shape index (κ3) is 3.49. The highest BCUT2D eigenvalue weighted by Gasteiger charge is 2.30. The maximum atomic E-state index is 13.4. The van der Waals surface area contributed by atoms with Crippen LogP contribution in [0.2, 0.25) is 0 Å². The Morgan fingerprint density at radius 3 is 2.74 bits per heavy atom. The number of halogens is 1. The summed E-state index contributed by atoms with van der Waals surface area (Å²) < 4.78 is 21.1. The van der Waals surface area contributed by atoms with Crippen LogP contribution in [0.1, 0.15) is 41.6 Å². The van der Waals surface area contributed by atoms with Crippen LogP contribution in [0, 0.1) is 26.6 Å². The van der Waals surface area contributed by atoms with Crippen molar-refractivity contribution >= 4 is 11.6 Å². The normalized spacial score (nSPS) is 13.8. The first kappa shape index (κ1) is 17.5. The zero-order valence-corrected chi connectivity index (χ0v) is 15.5. The van der Waals surface area contributed by atoms with Crippen LogP contribution < -0.4 is 5.32 Å². The quantitative estimate of drug-likeness (QED) is 0.735. The van der Waals surface area contributed by atoms with Gasteiger partial charge in [-0.1, -0.05) is 0 Å². The molecule has 0 spiro atoms. The van der Waals surface area contributed by atoms with Crippen molar-refractivity contribution in [2.75, 3.05) is 5.32 Å². The third-order valence-electron chi connectivity index (χ3n) is 4.91. The molecule has 6 nitrogen and oxygen atoms in total. The first-order valence-corrected chi connectivity index (χ1v) is 8.99. The van der Waals surface area contributed by atoms with E-state index >= 15 is 0 Å². The van der Waals surface area contributed by atoms with Gasteiger partial charge >= 0.3 is 0 Å². The Balaban J connectivity index is 1.52. The summed E-state index contributed by atoms with van der Waals surface area (Å²) in [6.45, 7) is 5.68. The molecule has 1 aliphatic rings. The lowest BCUT2D eigenvalue weighted by Gasteiger charge is -2.11. The van der Waals surface area contributed by atoms with Crippen LogP contribution in [-0.2, 0) is 11.3 Å². The van der Waals surface area contributed by atoms with Gasteiger partial charge in [0.15, 0.2) is 0 Å². The number of amides is 1. The van der Waals surface area contributed by atoms with Crippen molar-refractivity contribution in [3.05, 3.63) is 52.9 Å². The minimum atomic E-state index is -0.292. The molecule has 1 fully saturated rings. The van der Waals surface area contributed by atoms with E-state index in [4.69, 9.17) is 4.42 Å². The molecule has 1 aliphatic carbocycles. The summed E-state index contributed by atoms with van der Waals surface area (Å²) in [5, 5.41) is 11.1. The maximum absolute atomic E-state index is 13.4. The molecule has 2 heterocycles. The van der Waals surface area contributed by atoms with Gasteiger partial charge in [-0.15, -0.1) is 10.2 Å². The summed E-state index contributed by atoms with van der Waals surface area (Å²) in [5.74, 6) is 1.11. The summed E-state index contributed by atoms with van der Waals surface area (Å²) in [4.78, 5) is 12.5. The number of rotatable bonds is 5. The molecule has 1 aromatic carbocycles. The number of nitrogens with zero attached hydrogens (tertiary/aromatic N) is 3. The number of benzene rings is 1. The fourth-order valence-corrected chi connectivity index (χ4v) is 3.17. The number of aromatic nitrogens is 3. The van der Waals surface area contributed by atoms with Gasteiger partial charge in [0.1, 0.15) is 12.4 Å². The zero-order valence-electron chi connectivity index (χ0n) is 15.5. The molecule has 140 valence electrons. The number of nitrogens with one attached hydrogen (secondary N) is 1. The monoisotopic (exact) mass is 368 g/mol. The Kier molecular flexibility index (Phi) is 4.30. The molecule has 0 atom stereocenters. The van der Waals surface area contributed by atoms with E-state index in [1.54, 1.807) is 19.1 Å². The number of anilines is 1. The molecular formula is C20H21FN4O2. The highest BCUT2D eigenvalue weighted by Crippen LogP contribution is 2.40. The van der Waals surface area contributed by atoms with Gasteiger partial charge in [-0.05, 0) is 63.4 Å². The molecular weight excluding hydrogens is 347 g/mol. The fraction of sp³-hybridized carbons (Fsp3) is 0.350. The molecule has 1 saturated carbocycles. The second kappa shape index (κ2) is 6.64. The number of aryl methyl sites for hydroxylation is 2. The van der Waals surface area contributed by atoms with Crippen LogP contribution in [0.15, 0.2) is 28.7 Å². The molecule has 3 aromatic rings. The Labute approximate surface area is 156 Å². The van der Waals surface area contributed by atoms with E-state index in [1.807, 2.05) is 24.5 Å². The van der Waals surface area contributed by atoms with Crippen molar-refractivity contribution in [3.8, 4) is 11.5 Å². The second-order valence-corrected chi connectivity index (χ2v) is 7.10. The van der Waals surface area contributed by atoms with Crippen molar-refractivity contribution in [2.24, 2.45) is 0 Å². The molecule has 0 unspecified atom stereocenters. The minimum absolute atomic E-state index is 0.151. The van der Waals surface area contributed by atoms with Crippen molar-refractivity contribution < 1.29 is 13.6 Å². The molecule has 7 heteroatoms. The van der Waals surface area contributed by atoms with Gasteiger partial charge < -0.3 is 14.3 Å². The number of hydrogen-bond donors (Lipinski definition) is 1. The van der Waals surface area contributed by atoms with E-state index in [0.717, 1.165) is 29.8 Å². The smallest absolute Gasteiger partial charge is 0.249 e. The zero-order chi connectivity index (χ0) is 19.1. The van der Waals surface area contributed by atoms with Crippen LogP contribution >= 0.6 is 0 Å². The topological polar surface area (TPSA) is 73.0 Å². The van der Waals surface area contributed by atoms with E-state index in [-0.39, 0.29) is 18.3 Å². The van der Waals surface area contributed by atoms with Crippen LogP contribution in [0.3, 0.4) is 0 Å². The molecule has 0 bridgehead atoms. The van der Waals surface area contributed by atoms with Crippen molar-refractivity contribution in [3.63, 3.8) is 0 Å². The lowest BCUT2D eigenvalue weighted by atomic mass is 10.2. The van der Waals surface area contributed by atoms with Crippen LogP contribution in [0.4, 0.5) is 10.1 Å². The largest absolute Gasteiger partial charge is 0.420 e.